The van der Waals surface area contributed by atoms with Crippen LogP contribution in [0.4, 0.5) is 0 Å². The molecule has 2 heterocycles. The van der Waals surface area contributed by atoms with Crippen LogP contribution in [0.5, 0.6) is 5.75 Å². The first-order chi connectivity index (χ1) is 14.5. The molecule has 0 unspecified atom stereocenters. The number of hydrogen-bond donors (Lipinski definition) is 0. The van der Waals surface area contributed by atoms with Crippen LogP contribution < -0.4 is 4.74 Å². The van der Waals surface area contributed by atoms with Crippen LogP contribution in [0.3, 0.4) is 0 Å². The van der Waals surface area contributed by atoms with Crippen LogP contribution in [0.1, 0.15) is 19.4 Å². The Kier molecular flexibility index (Phi) is 5.74. The van der Waals surface area contributed by atoms with E-state index in [1.165, 1.54) is 11.8 Å². The molecule has 0 N–H and O–H groups in total. The topological polar surface area (TPSA) is 47.4 Å². The number of carbonyl (C=O) groups is 1. The maximum atomic E-state index is 12.9. The highest BCUT2D eigenvalue weighted by Gasteiger charge is 2.34. The van der Waals surface area contributed by atoms with Crippen molar-refractivity contribution in [3.8, 4) is 22.7 Å². The minimum atomic E-state index is -0.0657. The maximum Gasteiger partial charge on any atom is 0.266 e. The first-order valence-corrected chi connectivity index (χ1v) is 10.8. The number of amides is 1. The van der Waals surface area contributed by atoms with Crippen LogP contribution in [0.25, 0.3) is 23.0 Å². The number of nitrogens with zero attached hydrogens (tertiary/aromatic N) is 3. The Balaban J connectivity index is 1.83. The Labute approximate surface area is 185 Å². The van der Waals surface area contributed by atoms with Crippen molar-refractivity contribution in [2.75, 3.05) is 7.11 Å². The van der Waals surface area contributed by atoms with Gasteiger partial charge in [0.2, 0.25) is 0 Å². The van der Waals surface area contributed by atoms with E-state index in [1.807, 2.05) is 85.4 Å². The standard InChI is InChI=1S/C23H21N3O2S2/c1-15(2)26-22(27)20(30-23(26)29)13-17-14-25(18-9-5-4-6-10-18)24-21(17)16-8-7-11-19(12-16)28-3/h4-15H,1-3H3/b20-13-. The van der Waals surface area contributed by atoms with Gasteiger partial charge in [0.05, 0.1) is 17.7 Å². The van der Waals surface area contributed by atoms with Gasteiger partial charge in [-0.2, -0.15) is 5.10 Å². The number of thioether (sulfide) groups is 1. The van der Waals surface area contributed by atoms with Gasteiger partial charge in [0, 0.05) is 23.4 Å². The molecular weight excluding hydrogens is 414 g/mol. The molecule has 0 bridgehead atoms. The maximum absolute atomic E-state index is 12.9. The van der Waals surface area contributed by atoms with Crippen LogP contribution in [-0.2, 0) is 4.79 Å². The predicted molar refractivity (Wildman–Crippen MR) is 126 cm³/mol. The van der Waals surface area contributed by atoms with E-state index in [-0.39, 0.29) is 11.9 Å². The Morgan fingerprint density at radius 1 is 1.13 bits per heavy atom. The molecule has 1 amide bonds. The van der Waals surface area contributed by atoms with E-state index < -0.39 is 0 Å². The molecule has 0 atom stereocenters. The molecule has 1 fully saturated rings. The summed E-state index contributed by atoms with van der Waals surface area (Å²) in [6.07, 6.45) is 3.81. The lowest BCUT2D eigenvalue weighted by atomic mass is 10.1. The highest BCUT2D eigenvalue weighted by Crippen LogP contribution is 2.36. The first kappa shape index (κ1) is 20.4. The lowest BCUT2D eigenvalue weighted by Crippen LogP contribution is -2.34. The van der Waals surface area contributed by atoms with Crippen LogP contribution in [0, 0.1) is 0 Å². The minimum absolute atomic E-state index is 0.0216. The van der Waals surface area contributed by atoms with Crippen LogP contribution in [0.2, 0.25) is 0 Å². The molecule has 4 rings (SSSR count). The molecule has 0 radical (unpaired) electrons. The van der Waals surface area contributed by atoms with Gasteiger partial charge in [-0.3, -0.25) is 9.69 Å². The fourth-order valence-electron chi connectivity index (χ4n) is 3.27. The Morgan fingerprint density at radius 3 is 2.57 bits per heavy atom. The van der Waals surface area contributed by atoms with Gasteiger partial charge in [-0.05, 0) is 44.2 Å². The zero-order valence-electron chi connectivity index (χ0n) is 16.9. The molecule has 7 heteroatoms. The minimum Gasteiger partial charge on any atom is -0.497 e. The summed E-state index contributed by atoms with van der Waals surface area (Å²) < 4.78 is 7.79. The average Bonchev–Trinajstić information content (AvgIpc) is 3.29. The fraction of sp³-hybridized carbons (Fsp3) is 0.174. The number of ether oxygens (including phenoxy) is 1. The number of para-hydroxylation sites is 1. The van der Waals surface area contributed by atoms with Gasteiger partial charge in [0.25, 0.3) is 5.91 Å². The smallest absolute Gasteiger partial charge is 0.266 e. The van der Waals surface area contributed by atoms with Crippen molar-refractivity contribution in [2.24, 2.45) is 0 Å². The van der Waals surface area contributed by atoms with Crippen molar-refractivity contribution in [3.05, 3.63) is 71.3 Å². The monoisotopic (exact) mass is 435 g/mol. The molecule has 1 aliphatic heterocycles. The lowest BCUT2D eigenvalue weighted by molar-refractivity contribution is -0.123. The zero-order valence-corrected chi connectivity index (χ0v) is 18.5. The van der Waals surface area contributed by atoms with Crippen molar-refractivity contribution >= 4 is 40.3 Å². The summed E-state index contributed by atoms with van der Waals surface area (Å²) in [5, 5.41) is 4.82. The van der Waals surface area contributed by atoms with Crippen molar-refractivity contribution < 1.29 is 9.53 Å². The van der Waals surface area contributed by atoms with Crippen molar-refractivity contribution in [3.63, 3.8) is 0 Å². The van der Waals surface area contributed by atoms with E-state index >= 15 is 0 Å². The number of aromatic nitrogens is 2. The third-order valence-corrected chi connectivity index (χ3v) is 6.06. The average molecular weight is 436 g/mol. The van der Waals surface area contributed by atoms with E-state index in [0.717, 1.165) is 28.3 Å². The van der Waals surface area contributed by atoms with Gasteiger partial charge < -0.3 is 4.74 Å². The first-order valence-electron chi connectivity index (χ1n) is 9.54. The largest absolute Gasteiger partial charge is 0.497 e. The number of rotatable bonds is 5. The van der Waals surface area contributed by atoms with Crippen LogP contribution >= 0.6 is 24.0 Å². The quantitative estimate of drug-likeness (QED) is 0.409. The van der Waals surface area contributed by atoms with Crippen molar-refractivity contribution in [2.45, 2.75) is 19.9 Å². The van der Waals surface area contributed by atoms with E-state index in [9.17, 15) is 4.79 Å². The zero-order chi connectivity index (χ0) is 21.3. The molecule has 1 saturated heterocycles. The third kappa shape index (κ3) is 3.91. The second-order valence-electron chi connectivity index (χ2n) is 7.09. The summed E-state index contributed by atoms with van der Waals surface area (Å²) in [5.74, 6) is 0.683. The van der Waals surface area contributed by atoms with E-state index in [1.54, 1.807) is 12.0 Å². The van der Waals surface area contributed by atoms with Gasteiger partial charge >= 0.3 is 0 Å². The van der Waals surface area contributed by atoms with Gasteiger partial charge in [0.1, 0.15) is 15.8 Å². The Morgan fingerprint density at radius 2 is 1.90 bits per heavy atom. The summed E-state index contributed by atoms with van der Waals surface area (Å²) >= 11 is 6.75. The molecule has 2 aromatic carbocycles. The predicted octanol–water partition coefficient (Wildman–Crippen LogP) is 5.16. The van der Waals surface area contributed by atoms with Gasteiger partial charge in [-0.1, -0.05) is 54.3 Å². The molecular formula is C23H21N3O2S2. The number of carbonyl (C=O) groups excluding carboxylic acids is 1. The molecule has 30 heavy (non-hydrogen) atoms. The molecule has 0 spiro atoms. The highest BCUT2D eigenvalue weighted by molar-refractivity contribution is 8.26. The van der Waals surface area contributed by atoms with Gasteiger partial charge in [-0.15, -0.1) is 0 Å². The Hall–Kier alpha value is -2.90. The number of thiocarbonyl (C=S) groups is 1. The molecule has 5 nitrogen and oxygen atoms in total. The van der Waals surface area contributed by atoms with Crippen LogP contribution in [0.15, 0.2) is 65.7 Å². The molecule has 152 valence electrons. The van der Waals surface area contributed by atoms with Crippen LogP contribution in [-0.4, -0.2) is 38.1 Å². The summed E-state index contributed by atoms with van der Waals surface area (Å²) in [4.78, 5) is 15.1. The second-order valence-corrected chi connectivity index (χ2v) is 8.77. The number of benzene rings is 2. The summed E-state index contributed by atoms with van der Waals surface area (Å²) in [6.45, 7) is 3.92. The molecule has 3 aromatic rings. The van der Waals surface area contributed by atoms with E-state index in [0.29, 0.717) is 9.23 Å². The summed E-state index contributed by atoms with van der Waals surface area (Å²) in [6, 6.07) is 17.6. The number of hydrogen-bond acceptors (Lipinski definition) is 5. The van der Waals surface area contributed by atoms with Gasteiger partial charge in [0.15, 0.2) is 0 Å². The van der Waals surface area contributed by atoms with E-state index in [4.69, 9.17) is 22.1 Å². The molecule has 0 saturated carbocycles. The van der Waals surface area contributed by atoms with Gasteiger partial charge in [-0.25, -0.2) is 4.68 Å². The lowest BCUT2D eigenvalue weighted by Gasteiger charge is -2.18. The second kappa shape index (κ2) is 8.45. The fourth-order valence-corrected chi connectivity index (χ4v) is 4.78. The van der Waals surface area contributed by atoms with E-state index in [2.05, 4.69) is 0 Å². The normalized spacial score (nSPS) is 15.5. The SMILES string of the molecule is COc1cccc(-c2nn(-c3ccccc3)cc2/C=C2\SC(=S)N(C(C)C)C2=O)c1. The third-order valence-electron chi connectivity index (χ3n) is 4.73. The molecule has 0 aliphatic carbocycles. The summed E-state index contributed by atoms with van der Waals surface area (Å²) in [5.41, 5.74) is 3.47. The van der Waals surface area contributed by atoms with Crippen molar-refractivity contribution in [1.82, 2.24) is 14.7 Å². The Bertz CT molecular complexity index is 1140. The molecule has 1 aromatic heterocycles. The molecule has 1 aliphatic rings. The highest BCUT2D eigenvalue weighted by atomic mass is 32.2. The summed E-state index contributed by atoms with van der Waals surface area (Å²) in [7, 11) is 1.64. The van der Waals surface area contributed by atoms with Crippen molar-refractivity contribution in [1.29, 1.82) is 0 Å². The number of methoxy groups -OCH3 is 1.